The number of alkyl halides is 1. The zero-order valence-corrected chi connectivity index (χ0v) is 12.6. The Morgan fingerprint density at radius 1 is 1.20 bits per heavy atom. The average molecular weight is 304 g/mol. The van der Waals surface area contributed by atoms with Crippen LogP contribution in [0.25, 0.3) is 20.2 Å². The molecule has 1 aromatic heterocycles. The molecule has 0 saturated carbocycles. The molecule has 0 fully saturated rings. The maximum atomic E-state index is 12.8. The number of fused-ring (bicyclic) bond motifs is 2. The first-order valence-electron chi connectivity index (χ1n) is 6.47. The third kappa shape index (κ3) is 2.17. The number of nitrogens with one attached hydrogen (secondary N) is 1. The van der Waals surface area contributed by atoms with Crippen LogP contribution in [0.1, 0.15) is 5.56 Å². The number of aryl methyl sites for hydroxylation is 1. The van der Waals surface area contributed by atoms with Gasteiger partial charge < -0.3 is 5.32 Å². The van der Waals surface area contributed by atoms with Crippen molar-refractivity contribution in [2.45, 2.75) is 6.92 Å². The number of halogens is 1. The van der Waals surface area contributed by atoms with Gasteiger partial charge in [0, 0.05) is 32.9 Å². The molecule has 0 spiro atoms. The van der Waals surface area contributed by atoms with Gasteiger partial charge in [0.05, 0.1) is 5.39 Å². The minimum atomic E-state index is 0.0927. The number of hydrogen-bond donors (Lipinski definition) is 1. The number of hydrogen-bond acceptors (Lipinski definition) is 3. The van der Waals surface area contributed by atoms with Crippen molar-refractivity contribution in [3.8, 4) is 0 Å². The first kappa shape index (κ1) is 13.4. The first-order chi connectivity index (χ1) is 9.72. The Labute approximate surface area is 126 Å². The van der Waals surface area contributed by atoms with Crippen LogP contribution in [-0.2, 0) is 0 Å². The Kier molecular flexibility index (Phi) is 3.64. The zero-order valence-electron chi connectivity index (χ0n) is 11.1. The molecule has 0 aliphatic rings. The Morgan fingerprint density at radius 3 is 2.80 bits per heavy atom. The van der Waals surface area contributed by atoms with E-state index in [9.17, 15) is 4.79 Å². The van der Waals surface area contributed by atoms with Crippen LogP contribution in [0, 0.1) is 6.92 Å². The van der Waals surface area contributed by atoms with Crippen LogP contribution in [0.2, 0.25) is 0 Å². The minimum absolute atomic E-state index is 0.0927. The van der Waals surface area contributed by atoms with Gasteiger partial charge in [0.2, 0.25) is 0 Å². The molecule has 0 radical (unpaired) electrons. The van der Waals surface area contributed by atoms with E-state index in [1.807, 2.05) is 43.3 Å². The van der Waals surface area contributed by atoms with Gasteiger partial charge in [-0.3, -0.25) is 4.79 Å². The summed E-state index contributed by atoms with van der Waals surface area (Å²) in [5, 5.41) is 4.80. The van der Waals surface area contributed by atoms with Gasteiger partial charge >= 0.3 is 0 Å². The maximum Gasteiger partial charge on any atom is 0.197 e. The summed E-state index contributed by atoms with van der Waals surface area (Å²) in [7, 11) is 0. The molecule has 20 heavy (non-hydrogen) atoms. The molecule has 4 heteroatoms. The highest BCUT2D eigenvalue weighted by Gasteiger charge is 2.11. The molecule has 0 aliphatic carbocycles. The van der Waals surface area contributed by atoms with Crippen LogP contribution in [0.15, 0.2) is 41.2 Å². The van der Waals surface area contributed by atoms with Crippen molar-refractivity contribution < 1.29 is 0 Å². The van der Waals surface area contributed by atoms with E-state index >= 15 is 0 Å². The summed E-state index contributed by atoms with van der Waals surface area (Å²) >= 11 is 7.40. The van der Waals surface area contributed by atoms with Crippen molar-refractivity contribution in [3.05, 3.63) is 52.2 Å². The van der Waals surface area contributed by atoms with Gasteiger partial charge in [-0.05, 0) is 30.7 Å². The van der Waals surface area contributed by atoms with E-state index < -0.39 is 0 Å². The SMILES string of the molecule is Cc1ccc(NCCCl)c2c(=O)c3ccccc3sc12. The van der Waals surface area contributed by atoms with Gasteiger partial charge in [-0.25, -0.2) is 0 Å². The van der Waals surface area contributed by atoms with Crippen molar-refractivity contribution in [3.63, 3.8) is 0 Å². The van der Waals surface area contributed by atoms with E-state index in [4.69, 9.17) is 11.6 Å². The van der Waals surface area contributed by atoms with Crippen LogP contribution in [0.3, 0.4) is 0 Å². The quantitative estimate of drug-likeness (QED) is 0.575. The number of rotatable bonds is 3. The number of anilines is 1. The summed E-state index contributed by atoms with van der Waals surface area (Å²) in [5.41, 5.74) is 2.10. The van der Waals surface area contributed by atoms with Crippen LogP contribution in [-0.4, -0.2) is 12.4 Å². The number of benzene rings is 2. The van der Waals surface area contributed by atoms with Crippen LogP contribution >= 0.6 is 22.9 Å². The molecule has 2 nitrogen and oxygen atoms in total. The molecule has 0 unspecified atom stereocenters. The van der Waals surface area contributed by atoms with Gasteiger partial charge in [-0.2, -0.15) is 0 Å². The van der Waals surface area contributed by atoms with E-state index in [2.05, 4.69) is 5.32 Å². The molecule has 0 bridgehead atoms. The van der Waals surface area contributed by atoms with Gasteiger partial charge in [0.1, 0.15) is 0 Å². The first-order valence-corrected chi connectivity index (χ1v) is 7.82. The van der Waals surface area contributed by atoms with Gasteiger partial charge in [-0.15, -0.1) is 22.9 Å². The summed E-state index contributed by atoms with van der Waals surface area (Å²) in [5.74, 6) is 0.514. The third-order valence-corrected chi connectivity index (χ3v) is 4.83. The second kappa shape index (κ2) is 5.43. The zero-order chi connectivity index (χ0) is 14.1. The minimum Gasteiger partial charge on any atom is -0.383 e. The van der Waals surface area contributed by atoms with E-state index in [1.54, 1.807) is 11.3 Å². The summed E-state index contributed by atoms with van der Waals surface area (Å²) in [6.07, 6.45) is 0. The Balaban J connectivity index is 2.41. The average Bonchev–Trinajstić information content (AvgIpc) is 2.47. The monoisotopic (exact) mass is 303 g/mol. The summed E-state index contributed by atoms with van der Waals surface area (Å²) < 4.78 is 2.08. The maximum absolute atomic E-state index is 12.8. The molecule has 1 heterocycles. The van der Waals surface area contributed by atoms with E-state index in [0.29, 0.717) is 12.4 Å². The van der Waals surface area contributed by atoms with Crippen LogP contribution in [0.4, 0.5) is 5.69 Å². The van der Waals surface area contributed by atoms with Crippen molar-refractivity contribution in [1.82, 2.24) is 0 Å². The fourth-order valence-electron chi connectivity index (χ4n) is 2.36. The van der Waals surface area contributed by atoms with E-state index in [0.717, 1.165) is 31.4 Å². The fraction of sp³-hybridized carbons (Fsp3) is 0.188. The molecule has 0 aliphatic heterocycles. The molecular weight excluding hydrogens is 290 g/mol. The Hall–Kier alpha value is -1.58. The van der Waals surface area contributed by atoms with Crippen molar-refractivity contribution in [1.29, 1.82) is 0 Å². The molecular formula is C16H14ClNOS. The highest BCUT2D eigenvalue weighted by molar-refractivity contribution is 7.24. The van der Waals surface area contributed by atoms with Crippen molar-refractivity contribution in [2.75, 3.05) is 17.7 Å². The lowest BCUT2D eigenvalue weighted by molar-refractivity contribution is 1.23. The van der Waals surface area contributed by atoms with E-state index in [-0.39, 0.29) is 5.43 Å². The van der Waals surface area contributed by atoms with Gasteiger partial charge in [0.25, 0.3) is 0 Å². The van der Waals surface area contributed by atoms with Gasteiger partial charge in [0.15, 0.2) is 5.43 Å². The molecule has 3 aromatic rings. The smallest absolute Gasteiger partial charge is 0.197 e. The fourth-order valence-corrected chi connectivity index (χ4v) is 3.63. The highest BCUT2D eigenvalue weighted by Crippen LogP contribution is 2.31. The Morgan fingerprint density at radius 2 is 2.00 bits per heavy atom. The third-order valence-electron chi connectivity index (χ3n) is 3.34. The lowest BCUT2D eigenvalue weighted by atomic mass is 10.1. The lowest BCUT2D eigenvalue weighted by Crippen LogP contribution is -2.09. The summed E-state index contributed by atoms with van der Waals surface area (Å²) in [6.45, 7) is 2.69. The molecule has 2 aromatic carbocycles. The summed E-state index contributed by atoms with van der Waals surface area (Å²) in [6, 6.07) is 11.8. The largest absolute Gasteiger partial charge is 0.383 e. The molecule has 3 rings (SSSR count). The highest BCUT2D eigenvalue weighted by atomic mass is 35.5. The topological polar surface area (TPSA) is 29.1 Å². The van der Waals surface area contributed by atoms with Crippen LogP contribution < -0.4 is 10.7 Å². The second-order valence-electron chi connectivity index (χ2n) is 4.68. The molecule has 0 amide bonds. The van der Waals surface area contributed by atoms with Crippen molar-refractivity contribution >= 4 is 48.8 Å². The standard InChI is InChI=1S/C16H14ClNOS/c1-10-6-7-12(18-9-8-17)14-15(19)11-4-2-3-5-13(11)20-16(10)14/h2-7,18H,8-9H2,1H3. The van der Waals surface area contributed by atoms with Gasteiger partial charge in [-0.1, -0.05) is 18.2 Å². The molecule has 102 valence electrons. The van der Waals surface area contributed by atoms with Crippen LogP contribution in [0.5, 0.6) is 0 Å². The summed E-state index contributed by atoms with van der Waals surface area (Å²) in [4.78, 5) is 12.8. The Bertz CT molecular complexity index is 841. The van der Waals surface area contributed by atoms with E-state index in [1.165, 1.54) is 0 Å². The molecule has 0 saturated heterocycles. The predicted molar refractivity (Wildman–Crippen MR) is 89.5 cm³/mol. The lowest BCUT2D eigenvalue weighted by Gasteiger charge is -2.10. The molecule has 0 atom stereocenters. The molecule has 1 N–H and O–H groups in total. The van der Waals surface area contributed by atoms with Crippen molar-refractivity contribution in [2.24, 2.45) is 0 Å². The second-order valence-corrected chi connectivity index (χ2v) is 6.11. The normalized spacial score (nSPS) is 11.1. The predicted octanol–water partition coefficient (Wildman–Crippen LogP) is 4.37.